The lowest BCUT2D eigenvalue weighted by molar-refractivity contribution is 0.0939. The van der Waals surface area contributed by atoms with Gasteiger partial charge >= 0.3 is 0 Å². The molecule has 0 rings (SSSR count). The van der Waals surface area contributed by atoms with Crippen LogP contribution >= 0.6 is 0 Å². The van der Waals surface area contributed by atoms with Crippen LogP contribution in [0.25, 0.3) is 0 Å². The van der Waals surface area contributed by atoms with Gasteiger partial charge in [-0.3, -0.25) is 0 Å². The van der Waals surface area contributed by atoms with Gasteiger partial charge in [0.25, 0.3) is 5.95 Å². The predicted octanol–water partition coefficient (Wildman–Crippen LogP) is 0.684. The number of methoxy groups -OCH3 is 2. The summed E-state index contributed by atoms with van der Waals surface area (Å²) in [5.74, 6) is 0.634. The van der Waals surface area contributed by atoms with E-state index in [4.69, 9.17) is 9.47 Å². The smallest absolute Gasteiger partial charge is 0.274 e. The maximum absolute atomic E-state index is 4.90. The van der Waals surface area contributed by atoms with Crippen molar-refractivity contribution < 1.29 is 9.47 Å². The molecule has 0 N–H and O–H groups in total. The Hall–Kier alpha value is -0.443. The molecular weight excluding hydrogens is 144 g/mol. The Morgan fingerprint density at radius 3 is 2.40 bits per heavy atom. The molecule has 0 aromatic carbocycles. The second kappa shape index (κ2) is 6.67. The van der Waals surface area contributed by atoms with E-state index in [1.807, 2.05) is 6.08 Å². The maximum atomic E-state index is 4.90. The molecule has 3 heteroatoms. The van der Waals surface area contributed by atoms with Crippen LogP contribution in [-0.4, -0.2) is 24.5 Å². The van der Waals surface area contributed by atoms with Crippen molar-refractivity contribution in [1.29, 1.82) is 0 Å². The fourth-order valence-corrected chi connectivity index (χ4v) is 1.08. The molecule has 0 fully saturated rings. The summed E-state index contributed by atoms with van der Waals surface area (Å²) in [7, 11) is 4.53. The highest BCUT2D eigenvalue weighted by molar-refractivity contribution is 6.08. The van der Waals surface area contributed by atoms with Gasteiger partial charge in [0.1, 0.15) is 0 Å². The third-order valence-corrected chi connectivity index (χ3v) is 1.98. The largest absolute Gasteiger partial charge is 0.469 e. The first kappa shape index (κ1) is 9.56. The van der Waals surface area contributed by atoms with Gasteiger partial charge in [0.05, 0.1) is 14.2 Å². The van der Waals surface area contributed by atoms with Crippen molar-refractivity contribution in [2.75, 3.05) is 14.2 Å². The van der Waals surface area contributed by atoms with Crippen LogP contribution in [-0.2, 0) is 9.47 Å². The average Bonchev–Trinajstić information content (AvgIpc) is 1.99. The molecule has 0 saturated carbocycles. The minimum atomic E-state index is 0.634. The normalized spacial score (nSPS) is 9.00. The van der Waals surface area contributed by atoms with Crippen molar-refractivity contribution in [2.45, 2.75) is 18.9 Å². The van der Waals surface area contributed by atoms with Crippen molar-refractivity contribution in [2.24, 2.45) is 0 Å². The van der Waals surface area contributed by atoms with Crippen LogP contribution < -0.4 is 0 Å². The number of hydrogen-bond acceptors (Lipinski definition) is 2. The van der Waals surface area contributed by atoms with E-state index in [0.717, 1.165) is 6.42 Å². The molecule has 60 valence electrons. The predicted molar refractivity (Wildman–Crippen MR) is 46.1 cm³/mol. The van der Waals surface area contributed by atoms with E-state index in [1.54, 1.807) is 14.2 Å². The first-order chi connectivity index (χ1) is 4.85. The molecule has 0 aromatic rings. The monoisotopic (exact) mass is 160 g/mol. The first-order valence-electron chi connectivity index (χ1n) is 3.63. The molecule has 10 heavy (non-hydrogen) atoms. The zero-order valence-electron chi connectivity index (χ0n) is 7.02. The van der Waals surface area contributed by atoms with Gasteiger partial charge < -0.3 is 9.47 Å². The molecular formula is C7H16O2Si. The molecule has 0 aliphatic carbocycles. The average molecular weight is 160 g/mol. The molecule has 0 spiro atoms. The van der Waals surface area contributed by atoms with Crippen molar-refractivity contribution in [3.05, 3.63) is 12.0 Å². The van der Waals surface area contributed by atoms with Crippen molar-refractivity contribution >= 4 is 10.2 Å². The summed E-state index contributed by atoms with van der Waals surface area (Å²) in [4.78, 5) is 0. The van der Waals surface area contributed by atoms with E-state index < -0.39 is 0 Å². The van der Waals surface area contributed by atoms with Gasteiger partial charge in [-0.2, -0.15) is 0 Å². The molecule has 0 radical (unpaired) electrons. The van der Waals surface area contributed by atoms with Crippen LogP contribution in [0.15, 0.2) is 12.0 Å². The lowest BCUT2D eigenvalue weighted by atomic mass is 10.3. The van der Waals surface area contributed by atoms with E-state index >= 15 is 0 Å². The Bertz CT molecular complexity index is 95.8. The summed E-state index contributed by atoms with van der Waals surface area (Å²) >= 11 is 0. The van der Waals surface area contributed by atoms with Gasteiger partial charge in [-0.25, -0.2) is 0 Å². The summed E-state index contributed by atoms with van der Waals surface area (Å²) in [5, 5.41) is 0. The van der Waals surface area contributed by atoms with Crippen molar-refractivity contribution in [3.8, 4) is 0 Å². The lowest BCUT2D eigenvalue weighted by Crippen LogP contribution is -1.88. The molecule has 0 aromatic heterocycles. The van der Waals surface area contributed by atoms with E-state index in [0.29, 0.717) is 5.95 Å². The standard InChI is InChI=1S/C7H16O2Si/c1-8-7(9-2)5-3-4-6-10/h5H,3-4,6H2,1-2,10H3. The van der Waals surface area contributed by atoms with E-state index in [1.165, 1.54) is 22.7 Å². The fourth-order valence-electron chi connectivity index (χ4n) is 0.674. The minimum absolute atomic E-state index is 0.634. The zero-order chi connectivity index (χ0) is 7.82. The summed E-state index contributed by atoms with van der Waals surface area (Å²) in [6, 6.07) is 1.34. The van der Waals surface area contributed by atoms with Crippen LogP contribution in [0, 0.1) is 0 Å². The summed E-state index contributed by atoms with van der Waals surface area (Å²) in [6.45, 7) is 0. The number of ether oxygens (including phenoxy) is 2. The number of unbranched alkanes of at least 4 members (excludes halogenated alkanes) is 1. The van der Waals surface area contributed by atoms with Crippen molar-refractivity contribution in [3.63, 3.8) is 0 Å². The maximum Gasteiger partial charge on any atom is 0.274 e. The Morgan fingerprint density at radius 2 is 2.00 bits per heavy atom. The van der Waals surface area contributed by atoms with E-state index in [-0.39, 0.29) is 0 Å². The van der Waals surface area contributed by atoms with Crippen LogP contribution in [0.4, 0.5) is 0 Å². The molecule has 2 nitrogen and oxygen atoms in total. The zero-order valence-corrected chi connectivity index (χ0v) is 9.02. The quantitative estimate of drug-likeness (QED) is 0.334. The van der Waals surface area contributed by atoms with Gasteiger partial charge in [0.2, 0.25) is 0 Å². The third-order valence-electron chi connectivity index (χ3n) is 1.27. The Labute approximate surface area is 65.6 Å². The minimum Gasteiger partial charge on any atom is -0.469 e. The van der Waals surface area contributed by atoms with Crippen LogP contribution in [0.3, 0.4) is 0 Å². The molecule has 0 unspecified atom stereocenters. The molecule has 0 atom stereocenters. The van der Waals surface area contributed by atoms with Gasteiger partial charge in [-0.15, -0.1) is 0 Å². The van der Waals surface area contributed by atoms with Gasteiger partial charge in [0.15, 0.2) is 0 Å². The lowest BCUT2D eigenvalue weighted by Gasteiger charge is -2.02. The van der Waals surface area contributed by atoms with Gasteiger partial charge in [-0.1, -0.05) is 12.5 Å². The third kappa shape index (κ3) is 4.44. The number of allylic oxidation sites excluding steroid dienone is 1. The molecule has 0 bridgehead atoms. The first-order valence-corrected chi connectivity index (χ1v) is 5.04. The second-order valence-corrected chi connectivity index (χ2v) is 3.07. The highest BCUT2D eigenvalue weighted by Gasteiger charge is 1.89. The Balaban J connectivity index is 3.43. The molecule has 0 heterocycles. The van der Waals surface area contributed by atoms with Gasteiger partial charge in [0, 0.05) is 10.2 Å². The molecule has 0 aliphatic rings. The summed E-state index contributed by atoms with van der Waals surface area (Å²) < 4.78 is 9.79. The molecule has 0 amide bonds. The van der Waals surface area contributed by atoms with Crippen molar-refractivity contribution in [1.82, 2.24) is 0 Å². The number of hydrogen-bond donors (Lipinski definition) is 0. The highest BCUT2D eigenvalue weighted by Crippen LogP contribution is 2.01. The van der Waals surface area contributed by atoms with E-state index in [9.17, 15) is 0 Å². The van der Waals surface area contributed by atoms with Gasteiger partial charge in [-0.05, 0) is 12.5 Å². The molecule has 0 saturated heterocycles. The second-order valence-electron chi connectivity index (χ2n) is 2.07. The van der Waals surface area contributed by atoms with Crippen LogP contribution in [0.2, 0.25) is 6.04 Å². The van der Waals surface area contributed by atoms with E-state index in [2.05, 4.69) is 0 Å². The fraction of sp³-hybridized carbons (Fsp3) is 0.714. The van der Waals surface area contributed by atoms with Crippen LogP contribution in [0.1, 0.15) is 12.8 Å². The Kier molecular flexibility index (Phi) is 6.38. The number of rotatable bonds is 5. The summed E-state index contributed by atoms with van der Waals surface area (Å²) in [5.41, 5.74) is 0. The SMILES string of the molecule is COC(=CCCC[SiH3])OC. The molecule has 0 aliphatic heterocycles. The Morgan fingerprint density at radius 1 is 1.40 bits per heavy atom. The van der Waals surface area contributed by atoms with Crippen LogP contribution in [0.5, 0.6) is 0 Å². The highest BCUT2D eigenvalue weighted by atomic mass is 28.1. The summed E-state index contributed by atoms with van der Waals surface area (Å²) in [6.07, 6.45) is 4.31. The topological polar surface area (TPSA) is 18.5 Å².